The molecule has 0 aliphatic carbocycles. The van der Waals surface area contributed by atoms with Gasteiger partial charge in [-0.25, -0.2) is 4.79 Å². The maximum absolute atomic E-state index is 11.6. The van der Waals surface area contributed by atoms with Gasteiger partial charge in [0.05, 0.1) is 0 Å². The summed E-state index contributed by atoms with van der Waals surface area (Å²) in [5.74, 6) is 0. The summed E-state index contributed by atoms with van der Waals surface area (Å²) in [5, 5.41) is 0. The zero-order valence-corrected chi connectivity index (χ0v) is 11.2. The highest BCUT2D eigenvalue weighted by Gasteiger charge is 2.10. The molecule has 1 aliphatic rings. The summed E-state index contributed by atoms with van der Waals surface area (Å²) in [6, 6.07) is 10.2. The van der Waals surface area contributed by atoms with E-state index in [9.17, 15) is 4.79 Å². The Morgan fingerprint density at radius 2 is 1.90 bits per heavy atom. The minimum atomic E-state index is -0.403. The third-order valence-electron chi connectivity index (χ3n) is 2.81. The van der Waals surface area contributed by atoms with Crippen LogP contribution in [0.5, 0.6) is 0 Å². The van der Waals surface area contributed by atoms with Crippen molar-refractivity contribution in [2.75, 3.05) is 6.61 Å². The molecule has 3 nitrogen and oxygen atoms in total. The lowest BCUT2D eigenvalue weighted by Gasteiger charge is -2.16. The summed E-state index contributed by atoms with van der Waals surface area (Å²) in [6.45, 7) is 3.72. The van der Waals surface area contributed by atoms with Crippen LogP contribution in [0.4, 0.5) is 4.79 Å². The van der Waals surface area contributed by atoms with E-state index < -0.39 is 6.09 Å². The summed E-state index contributed by atoms with van der Waals surface area (Å²) in [7, 11) is 0. The van der Waals surface area contributed by atoms with Crippen LogP contribution >= 0.6 is 0 Å². The molecule has 20 heavy (non-hydrogen) atoms. The zero-order chi connectivity index (χ0) is 14.2. The number of nitrogens with zero attached hydrogens (tertiary/aromatic N) is 1. The van der Waals surface area contributed by atoms with Crippen molar-refractivity contribution in [2.45, 2.75) is 6.42 Å². The fourth-order valence-corrected chi connectivity index (χ4v) is 1.75. The maximum Gasteiger partial charge on any atom is 0.418 e. The third kappa shape index (κ3) is 3.99. The van der Waals surface area contributed by atoms with E-state index in [0.29, 0.717) is 0 Å². The number of rotatable bonds is 4. The van der Waals surface area contributed by atoms with Gasteiger partial charge in [-0.2, -0.15) is 0 Å². The highest BCUT2D eigenvalue weighted by atomic mass is 16.6. The highest BCUT2D eigenvalue weighted by molar-refractivity contribution is 5.71. The van der Waals surface area contributed by atoms with Gasteiger partial charge < -0.3 is 4.74 Å². The molecule has 0 fully saturated rings. The summed E-state index contributed by atoms with van der Waals surface area (Å²) < 4.78 is 4.94. The van der Waals surface area contributed by atoms with Gasteiger partial charge in [0.25, 0.3) is 0 Å². The van der Waals surface area contributed by atoms with Gasteiger partial charge in [0, 0.05) is 12.4 Å². The van der Waals surface area contributed by atoms with Gasteiger partial charge in [-0.1, -0.05) is 49.1 Å². The molecule has 0 bridgehead atoms. The monoisotopic (exact) mass is 267 g/mol. The molecule has 0 spiro atoms. The van der Waals surface area contributed by atoms with Crippen molar-refractivity contribution >= 4 is 6.09 Å². The molecule has 0 atom stereocenters. The van der Waals surface area contributed by atoms with Gasteiger partial charge in [0.2, 0.25) is 0 Å². The fourth-order valence-electron chi connectivity index (χ4n) is 1.75. The van der Waals surface area contributed by atoms with Crippen LogP contribution in [0.1, 0.15) is 5.56 Å². The molecule has 0 radical (unpaired) electrons. The van der Waals surface area contributed by atoms with E-state index in [2.05, 4.69) is 24.8 Å². The molecule has 0 unspecified atom stereocenters. The summed E-state index contributed by atoms with van der Waals surface area (Å²) in [6.07, 6.45) is 11.3. The van der Waals surface area contributed by atoms with Gasteiger partial charge in [-0.15, -0.1) is 0 Å². The van der Waals surface area contributed by atoms with E-state index in [4.69, 9.17) is 4.74 Å². The van der Waals surface area contributed by atoms with Crippen LogP contribution < -0.4 is 0 Å². The molecule has 1 amide bonds. The van der Waals surface area contributed by atoms with Crippen molar-refractivity contribution in [2.24, 2.45) is 0 Å². The number of benzene rings is 1. The van der Waals surface area contributed by atoms with E-state index in [1.807, 2.05) is 30.4 Å². The zero-order valence-electron chi connectivity index (χ0n) is 11.2. The van der Waals surface area contributed by atoms with Crippen molar-refractivity contribution in [3.05, 3.63) is 84.8 Å². The summed E-state index contributed by atoms with van der Waals surface area (Å²) in [5.41, 5.74) is 2.33. The van der Waals surface area contributed by atoms with E-state index in [-0.39, 0.29) is 6.61 Å². The smallest absolute Gasteiger partial charge is 0.418 e. The quantitative estimate of drug-likeness (QED) is 0.776. The fraction of sp³-hybridized carbons (Fsp3) is 0.118. The number of allylic oxidation sites excluding steroid dienone is 4. The number of carbonyl (C=O) groups excluding carboxylic acids is 1. The Morgan fingerprint density at radius 1 is 1.20 bits per heavy atom. The number of hydrogen-bond donors (Lipinski definition) is 0. The Kier molecular flexibility index (Phi) is 4.95. The first-order valence-corrected chi connectivity index (χ1v) is 6.46. The van der Waals surface area contributed by atoms with Crippen molar-refractivity contribution in [3.63, 3.8) is 0 Å². The third-order valence-corrected chi connectivity index (χ3v) is 2.81. The van der Waals surface area contributed by atoms with Crippen LogP contribution in [0, 0.1) is 0 Å². The van der Waals surface area contributed by atoms with E-state index in [0.717, 1.165) is 12.0 Å². The SMILES string of the molecule is C=CCOC(=O)N1C=CC(=CCc2ccccc2)C=C1. The second kappa shape index (κ2) is 7.14. The summed E-state index contributed by atoms with van der Waals surface area (Å²) >= 11 is 0. The lowest BCUT2D eigenvalue weighted by molar-refractivity contribution is 0.139. The van der Waals surface area contributed by atoms with Gasteiger partial charge in [0.1, 0.15) is 6.61 Å². The molecule has 1 aliphatic heterocycles. The predicted molar refractivity (Wildman–Crippen MR) is 79.9 cm³/mol. The van der Waals surface area contributed by atoms with Gasteiger partial charge in [-0.3, -0.25) is 4.90 Å². The van der Waals surface area contributed by atoms with Crippen LogP contribution in [-0.2, 0) is 11.2 Å². The second-order valence-electron chi connectivity index (χ2n) is 4.30. The van der Waals surface area contributed by atoms with Crippen LogP contribution in [-0.4, -0.2) is 17.6 Å². The molecular weight excluding hydrogens is 250 g/mol. The molecule has 2 rings (SSSR count). The molecule has 1 aromatic carbocycles. The number of ether oxygens (including phenoxy) is 1. The first kappa shape index (κ1) is 13.9. The first-order valence-electron chi connectivity index (χ1n) is 6.46. The van der Waals surface area contributed by atoms with Crippen molar-refractivity contribution < 1.29 is 9.53 Å². The Balaban J connectivity index is 1.91. The Morgan fingerprint density at radius 3 is 2.55 bits per heavy atom. The topological polar surface area (TPSA) is 29.5 Å². The van der Waals surface area contributed by atoms with E-state index in [1.54, 1.807) is 18.5 Å². The number of hydrogen-bond acceptors (Lipinski definition) is 2. The molecule has 3 heteroatoms. The Hall–Kier alpha value is -2.55. The maximum atomic E-state index is 11.6. The number of amides is 1. The average molecular weight is 267 g/mol. The van der Waals surface area contributed by atoms with Crippen molar-refractivity contribution in [1.29, 1.82) is 0 Å². The summed E-state index contributed by atoms with van der Waals surface area (Å²) in [4.78, 5) is 13.0. The molecule has 1 heterocycles. The Bertz CT molecular complexity index is 540. The second-order valence-corrected chi connectivity index (χ2v) is 4.30. The van der Waals surface area contributed by atoms with Crippen LogP contribution in [0.2, 0.25) is 0 Å². The molecule has 0 aromatic heterocycles. The molecular formula is C17H17NO2. The van der Waals surface area contributed by atoms with Crippen LogP contribution in [0.15, 0.2) is 79.2 Å². The van der Waals surface area contributed by atoms with Crippen molar-refractivity contribution in [1.82, 2.24) is 4.90 Å². The molecule has 0 N–H and O–H groups in total. The standard InChI is InChI=1S/C17H17NO2/c1-2-14-20-17(19)18-12-10-16(11-13-18)9-8-15-6-4-3-5-7-15/h2-7,9-13H,1,8,14H2. The van der Waals surface area contributed by atoms with E-state index >= 15 is 0 Å². The molecule has 1 aromatic rings. The lowest BCUT2D eigenvalue weighted by Crippen LogP contribution is -2.22. The molecule has 0 saturated heterocycles. The van der Waals surface area contributed by atoms with Gasteiger partial charge in [-0.05, 0) is 29.7 Å². The average Bonchev–Trinajstić information content (AvgIpc) is 2.52. The minimum absolute atomic E-state index is 0.216. The van der Waals surface area contributed by atoms with Crippen LogP contribution in [0.3, 0.4) is 0 Å². The molecule has 0 saturated carbocycles. The van der Waals surface area contributed by atoms with Crippen LogP contribution in [0.25, 0.3) is 0 Å². The lowest BCUT2D eigenvalue weighted by atomic mass is 10.1. The Labute approximate surface area is 119 Å². The first-order chi connectivity index (χ1) is 9.79. The number of carbonyl (C=O) groups is 1. The van der Waals surface area contributed by atoms with Gasteiger partial charge >= 0.3 is 6.09 Å². The normalized spacial score (nSPS) is 13.2. The predicted octanol–water partition coefficient (Wildman–Crippen LogP) is 3.82. The highest BCUT2D eigenvalue weighted by Crippen LogP contribution is 2.12. The van der Waals surface area contributed by atoms with Crippen molar-refractivity contribution in [3.8, 4) is 0 Å². The van der Waals surface area contributed by atoms with Gasteiger partial charge in [0.15, 0.2) is 0 Å². The largest absolute Gasteiger partial charge is 0.445 e. The minimum Gasteiger partial charge on any atom is -0.445 e. The van der Waals surface area contributed by atoms with E-state index in [1.165, 1.54) is 10.5 Å². The molecule has 102 valence electrons.